The van der Waals surface area contributed by atoms with Crippen LogP contribution in [0.5, 0.6) is 0 Å². The fourth-order valence-corrected chi connectivity index (χ4v) is 7.58. The van der Waals surface area contributed by atoms with Crippen molar-refractivity contribution in [2.45, 2.75) is 19.3 Å². The molecule has 3 nitrogen and oxygen atoms in total. The lowest BCUT2D eigenvalue weighted by molar-refractivity contribution is 0.620. The average molecular weight is 631 g/mol. The van der Waals surface area contributed by atoms with Gasteiger partial charge in [0.15, 0.2) is 5.58 Å². The third-order valence-corrected chi connectivity index (χ3v) is 9.91. The number of anilines is 3. The second-order valence-electron chi connectivity index (χ2n) is 13.2. The predicted octanol–water partition coefficient (Wildman–Crippen LogP) is 12.6. The Labute approximate surface area is 286 Å². The molecule has 0 aliphatic heterocycles. The summed E-state index contributed by atoms with van der Waals surface area (Å²) in [4.78, 5) is 7.22. The highest BCUT2D eigenvalue weighted by Gasteiger charge is 2.37. The first-order chi connectivity index (χ1) is 24.1. The summed E-state index contributed by atoms with van der Waals surface area (Å²) in [5, 5.41) is 0. The van der Waals surface area contributed by atoms with Gasteiger partial charge in [-0.15, -0.1) is 0 Å². The van der Waals surface area contributed by atoms with Crippen molar-refractivity contribution in [3.05, 3.63) is 181 Å². The second kappa shape index (κ2) is 11.5. The molecule has 0 bridgehead atoms. The zero-order valence-corrected chi connectivity index (χ0v) is 27.5. The molecule has 7 aromatic carbocycles. The summed E-state index contributed by atoms with van der Waals surface area (Å²) >= 11 is 0. The van der Waals surface area contributed by atoms with Gasteiger partial charge in [0.1, 0.15) is 5.52 Å². The van der Waals surface area contributed by atoms with Crippen molar-refractivity contribution in [2.24, 2.45) is 0 Å². The van der Waals surface area contributed by atoms with Crippen LogP contribution in [0.3, 0.4) is 0 Å². The van der Waals surface area contributed by atoms with Gasteiger partial charge in [-0.25, -0.2) is 4.98 Å². The number of hydrogen-bond acceptors (Lipinski definition) is 3. The van der Waals surface area contributed by atoms with E-state index in [2.05, 4.69) is 146 Å². The molecule has 0 saturated heterocycles. The highest BCUT2D eigenvalue weighted by Crippen LogP contribution is 2.52. The normalized spacial score (nSPS) is 12.9. The first-order valence-corrected chi connectivity index (χ1v) is 16.8. The summed E-state index contributed by atoms with van der Waals surface area (Å²) in [7, 11) is 0. The molecule has 8 aromatic rings. The summed E-state index contributed by atoms with van der Waals surface area (Å²) in [5.74, 6) is 0.631. The predicted molar refractivity (Wildman–Crippen MR) is 203 cm³/mol. The number of oxazole rings is 1. The lowest BCUT2D eigenvalue weighted by atomic mass is 9.79. The molecule has 0 N–H and O–H groups in total. The number of aromatic nitrogens is 1. The minimum absolute atomic E-state index is 0.0710. The zero-order chi connectivity index (χ0) is 33.0. The van der Waals surface area contributed by atoms with Crippen molar-refractivity contribution in [1.82, 2.24) is 4.98 Å². The van der Waals surface area contributed by atoms with Crippen LogP contribution >= 0.6 is 0 Å². The van der Waals surface area contributed by atoms with Crippen LogP contribution in [0.2, 0.25) is 0 Å². The number of rotatable bonds is 6. The minimum Gasteiger partial charge on any atom is -0.436 e. The van der Waals surface area contributed by atoms with Crippen LogP contribution < -0.4 is 4.90 Å². The van der Waals surface area contributed by atoms with Crippen LogP contribution in [0, 0.1) is 0 Å². The van der Waals surface area contributed by atoms with E-state index in [0.29, 0.717) is 5.89 Å². The largest absolute Gasteiger partial charge is 0.436 e. The Morgan fingerprint density at radius 1 is 0.449 bits per heavy atom. The Bertz CT molecular complexity index is 2440. The summed E-state index contributed by atoms with van der Waals surface area (Å²) in [6.45, 7) is 4.70. The van der Waals surface area contributed by atoms with Gasteiger partial charge in [0, 0.05) is 33.6 Å². The lowest BCUT2D eigenvalue weighted by Gasteiger charge is -2.27. The molecule has 3 heteroatoms. The van der Waals surface area contributed by atoms with Crippen molar-refractivity contribution >= 4 is 28.2 Å². The van der Waals surface area contributed by atoms with Crippen molar-refractivity contribution < 1.29 is 4.42 Å². The van der Waals surface area contributed by atoms with Gasteiger partial charge in [0.25, 0.3) is 0 Å². The van der Waals surface area contributed by atoms with Crippen LogP contribution in [-0.2, 0) is 5.41 Å². The molecular weight excluding hydrogens is 597 g/mol. The van der Waals surface area contributed by atoms with E-state index in [-0.39, 0.29) is 5.41 Å². The molecule has 0 fully saturated rings. The smallest absolute Gasteiger partial charge is 0.227 e. The molecule has 0 saturated carbocycles. The first-order valence-electron chi connectivity index (χ1n) is 16.8. The highest BCUT2D eigenvalue weighted by molar-refractivity contribution is 5.93. The van der Waals surface area contributed by atoms with Crippen LogP contribution in [0.15, 0.2) is 174 Å². The Morgan fingerprint density at radius 2 is 0.980 bits per heavy atom. The molecule has 0 amide bonds. The third-order valence-electron chi connectivity index (χ3n) is 9.91. The Kier molecular flexibility index (Phi) is 6.80. The maximum Gasteiger partial charge on any atom is 0.227 e. The van der Waals surface area contributed by atoms with E-state index in [1.165, 1.54) is 33.4 Å². The van der Waals surface area contributed by atoms with Crippen molar-refractivity contribution in [1.29, 1.82) is 0 Å². The highest BCUT2D eigenvalue weighted by atomic mass is 16.3. The summed E-state index contributed by atoms with van der Waals surface area (Å²) in [6, 6.07) is 60.1. The minimum atomic E-state index is -0.0710. The Hall–Kier alpha value is -6.19. The number of benzene rings is 7. The van der Waals surface area contributed by atoms with Gasteiger partial charge in [0.2, 0.25) is 5.89 Å². The van der Waals surface area contributed by atoms with E-state index in [9.17, 15) is 0 Å². The molecule has 0 unspecified atom stereocenters. The second-order valence-corrected chi connectivity index (χ2v) is 13.2. The van der Waals surface area contributed by atoms with E-state index in [0.717, 1.165) is 44.9 Å². The molecule has 1 aliphatic rings. The van der Waals surface area contributed by atoms with Crippen LogP contribution in [0.25, 0.3) is 55.9 Å². The number of hydrogen-bond donors (Lipinski definition) is 0. The molecule has 0 atom stereocenters. The maximum atomic E-state index is 6.17. The molecule has 9 rings (SSSR count). The standard InChI is InChI=1S/C46H34N2O/c1-46(2)41-21-10-9-17-39(41)40-20-11-18-37(43(40)46)31-23-27-35(28-24-31)48(34-15-7-4-8-16-34)36-29-25-32(26-30-36)38-19-12-22-42-44(38)47-45(49-42)33-13-5-3-6-14-33/h3-30H,1-2H3. The quantitative estimate of drug-likeness (QED) is 0.183. The molecule has 1 heterocycles. The lowest BCUT2D eigenvalue weighted by Crippen LogP contribution is -2.16. The van der Waals surface area contributed by atoms with Crippen molar-refractivity contribution in [3.8, 4) is 44.8 Å². The fourth-order valence-electron chi connectivity index (χ4n) is 7.58. The van der Waals surface area contributed by atoms with Crippen LogP contribution in [0.4, 0.5) is 17.1 Å². The molecule has 1 aliphatic carbocycles. The van der Waals surface area contributed by atoms with Gasteiger partial charge in [-0.3, -0.25) is 0 Å². The SMILES string of the molecule is CC1(C)c2ccccc2-c2cccc(-c3ccc(N(c4ccccc4)c4ccc(-c5cccc6oc(-c7ccccc7)nc56)cc4)cc3)c21. The van der Waals surface area contributed by atoms with Crippen molar-refractivity contribution in [3.63, 3.8) is 0 Å². The molecule has 49 heavy (non-hydrogen) atoms. The van der Waals surface area contributed by atoms with Gasteiger partial charge in [0.05, 0.1) is 0 Å². The fraction of sp³-hybridized carbons (Fsp3) is 0.0652. The van der Waals surface area contributed by atoms with Gasteiger partial charge >= 0.3 is 0 Å². The van der Waals surface area contributed by atoms with E-state index in [4.69, 9.17) is 9.40 Å². The van der Waals surface area contributed by atoms with Gasteiger partial charge in [-0.05, 0) is 93.5 Å². The number of para-hydroxylation sites is 2. The average Bonchev–Trinajstić information content (AvgIpc) is 3.70. The monoisotopic (exact) mass is 630 g/mol. The Balaban J connectivity index is 1.08. The summed E-state index contributed by atoms with van der Waals surface area (Å²) in [5.41, 5.74) is 16.0. The molecule has 0 spiro atoms. The zero-order valence-electron chi connectivity index (χ0n) is 27.5. The van der Waals surface area contributed by atoms with Gasteiger partial charge in [-0.1, -0.05) is 129 Å². The molecule has 0 radical (unpaired) electrons. The van der Waals surface area contributed by atoms with Crippen LogP contribution in [0.1, 0.15) is 25.0 Å². The third kappa shape index (κ3) is 4.86. The first kappa shape index (κ1) is 29.0. The summed E-state index contributed by atoms with van der Waals surface area (Å²) in [6.07, 6.45) is 0. The molecular formula is C46H34N2O. The molecule has 234 valence electrons. The Morgan fingerprint density at radius 3 is 1.69 bits per heavy atom. The summed E-state index contributed by atoms with van der Waals surface area (Å²) < 4.78 is 6.17. The van der Waals surface area contributed by atoms with E-state index >= 15 is 0 Å². The van der Waals surface area contributed by atoms with Gasteiger partial charge in [-0.2, -0.15) is 0 Å². The van der Waals surface area contributed by atoms with E-state index in [1.54, 1.807) is 0 Å². The molecule has 1 aromatic heterocycles. The maximum absolute atomic E-state index is 6.17. The van der Waals surface area contributed by atoms with Crippen molar-refractivity contribution in [2.75, 3.05) is 4.90 Å². The topological polar surface area (TPSA) is 29.3 Å². The van der Waals surface area contributed by atoms with E-state index in [1.807, 2.05) is 42.5 Å². The van der Waals surface area contributed by atoms with E-state index < -0.39 is 0 Å². The number of fused-ring (bicyclic) bond motifs is 4. The van der Waals surface area contributed by atoms with Gasteiger partial charge < -0.3 is 9.32 Å². The number of nitrogens with zero attached hydrogens (tertiary/aromatic N) is 2. The van der Waals surface area contributed by atoms with Crippen LogP contribution in [-0.4, -0.2) is 4.98 Å².